The molecular formula is C12H16O3. The van der Waals surface area contributed by atoms with E-state index in [1.54, 1.807) is 6.92 Å². The lowest BCUT2D eigenvalue weighted by Crippen LogP contribution is -2.07. The highest BCUT2D eigenvalue weighted by Gasteiger charge is 2.04. The second kappa shape index (κ2) is 6.19. The minimum atomic E-state index is -0.210. The van der Waals surface area contributed by atoms with Crippen molar-refractivity contribution in [1.82, 2.24) is 0 Å². The molecule has 1 N–H and O–H groups in total. The van der Waals surface area contributed by atoms with Gasteiger partial charge in [0.1, 0.15) is 0 Å². The van der Waals surface area contributed by atoms with Crippen LogP contribution in [-0.4, -0.2) is 24.3 Å². The van der Waals surface area contributed by atoms with Gasteiger partial charge in [0.25, 0.3) is 0 Å². The molecule has 0 amide bonds. The molecule has 82 valence electrons. The molecule has 0 saturated heterocycles. The van der Waals surface area contributed by atoms with Gasteiger partial charge in [0.05, 0.1) is 13.0 Å². The van der Waals surface area contributed by atoms with Gasteiger partial charge in [-0.25, -0.2) is 0 Å². The van der Waals surface area contributed by atoms with Crippen molar-refractivity contribution in [1.29, 1.82) is 0 Å². The number of aliphatic hydroxyl groups is 1. The molecule has 0 fully saturated rings. The summed E-state index contributed by atoms with van der Waals surface area (Å²) in [5.41, 5.74) is 1.97. The van der Waals surface area contributed by atoms with Gasteiger partial charge in [0, 0.05) is 6.61 Å². The van der Waals surface area contributed by atoms with Crippen molar-refractivity contribution in [2.45, 2.75) is 19.8 Å². The Morgan fingerprint density at radius 1 is 1.40 bits per heavy atom. The maximum atomic E-state index is 11.2. The molecule has 3 nitrogen and oxygen atoms in total. The fraction of sp³-hybridized carbons (Fsp3) is 0.417. The van der Waals surface area contributed by atoms with Crippen LogP contribution in [0.25, 0.3) is 0 Å². The van der Waals surface area contributed by atoms with Gasteiger partial charge in [0.2, 0.25) is 0 Å². The molecule has 1 aromatic carbocycles. The van der Waals surface area contributed by atoms with E-state index < -0.39 is 0 Å². The van der Waals surface area contributed by atoms with Crippen LogP contribution in [-0.2, 0) is 22.4 Å². The molecule has 3 heteroatoms. The lowest BCUT2D eigenvalue weighted by molar-refractivity contribution is -0.142. The van der Waals surface area contributed by atoms with E-state index in [1.165, 1.54) is 0 Å². The molecule has 1 rings (SSSR count). The summed E-state index contributed by atoms with van der Waals surface area (Å²) in [7, 11) is 0. The maximum Gasteiger partial charge on any atom is 0.310 e. The number of carbonyl (C=O) groups excluding carboxylic acids is 1. The molecule has 0 aliphatic rings. The molecule has 0 atom stereocenters. The Morgan fingerprint density at radius 2 is 2.13 bits per heavy atom. The van der Waals surface area contributed by atoms with Crippen molar-refractivity contribution in [2.24, 2.45) is 0 Å². The normalized spacial score (nSPS) is 10.0. The molecule has 0 heterocycles. The van der Waals surface area contributed by atoms with Gasteiger partial charge in [-0.05, 0) is 24.5 Å². The molecule has 1 aromatic rings. The van der Waals surface area contributed by atoms with Crippen LogP contribution in [0.1, 0.15) is 18.1 Å². The molecule has 15 heavy (non-hydrogen) atoms. The van der Waals surface area contributed by atoms with E-state index in [1.807, 2.05) is 24.3 Å². The van der Waals surface area contributed by atoms with E-state index in [2.05, 4.69) is 0 Å². The number of esters is 1. The number of aliphatic hydroxyl groups excluding tert-OH is 1. The summed E-state index contributed by atoms with van der Waals surface area (Å²) in [6.45, 7) is 2.33. The number of carbonyl (C=O) groups is 1. The van der Waals surface area contributed by atoms with Gasteiger partial charge in [-0.3, -0.25) is 4.79 Å². The van der Waals surface area contributed by atoms with Crippen LogP contribution >= 0.6 is 0 Å². The highest BCUT2D eigenvalue weighted by Crippen LogP contribution is 2.07. The van der Waals surface area contributed by atoms with E-state index in [0.717, 1.165) is 11.1 Å². The van der Waals surface area contributed by atoms with Gasteiger partial charge in [0.15, 0.2) is 0 Å². The molecule has 0 aliphatic carbocycles. The first kappa shape index (κ1) is 11.7. The summed E-state index contributed by atoms with van der Waals surface area (Å²) in [5, 5.41) is 8.79. The Kier molecular flexibility index (Phi) is 4.84. The Bertz CT molecular complexity index is 320. The van der Waals surface area contributed by atoms with Crippen molar-refractivity contribution in [3.05, 3.63) is 35.4 Å². The summed E-state index contributed by atoms with van der Waals surface area (Å²) < 4.78 is 4.86. The number of hydrogen-bond acceptors (Lipinski definition) is 3. The average Bonchev–Trinajstić information content (AvgIpc) is 2.19. The van der Waals surface area contributed by atoms with Crippen LogP contribution in [0, 0.1) is 0 Å². The topological polar surface area (TPSA) is 46.5 Å². The third-order valence-corrected chi connectivity index (χ3v) is 2.05. The fourth-order valence-electron chi connectivity index (χ4n) is 1.40. The Hall–Kier alpha value is -1.35. The quantitative estimate of drug-likeness (QED) is 0.742. The van der Waals surface area contributed by atoms with Crippen LogP contribution in [0.15, 0.2) is 24.3 Å². The van der Waals surface area contributed by atoms with E-state index in [9.17, 15) is 4.79 Å². The van der Waals surface area contributed by atoms with E-state index >= 15 is 0 Å². The third-order valence-electron chi connectivity index (χ3n) is 2.05. The van der Waals surface area contributed by atoms with Crippen molar-refractivity contribution in [3.8, 4) is 0 Å². The lowest BCUT2D eigenvalue weighted by atomic mass is 10.1. The maximum absolute atomic E-state index is 11.2. The molecular weight excluding hydrogens is 192 g/mol. The number of benzene rings is 1. The van der Waals surface area contributed by atoms with E-state index in [4.69, 9.17) is 9.84 Å². The molecule has 0 bridgehead atoms. The largest absolute Gasteiger partial charge is 0.466 e. The highest BCUT2D eigenvalue weighted by molar-refractivity contribution is 5.72. The van der Waals surface area contributed by atoms with Gasteiger partial charge in [-0.15, -0.1) is 0 Å². The zero-order chi connectivity index (χ0) is 11.1. The van der Waals surface area contributed by atoms with Gasteiger partial charge in [-0.2, -0.15) is 0 Å². The second-order valence-electron chi connectivity index (χ2n) is 3.28. The third kappa shape index (κ3) is 4.13. The minimum Gasteiger partial charge on any atom is -0.466 e. The number of ether oxygens (including phenoxy) is 1. The van der Waals surface area contributed by atoms with Crippen molar-refractivity contribution < 1.29 is 14.6 Å². The Balaban J connectivity index is 2.60. The highest BCUT2D eigenvalue weighted by atomic mass is 16.5. The first-order valence-corrected chi connectivity index (χ1v) is 5.10. The monoisotopic (exact) mass is 208 g/mol. The zero-order valence-corrected chi connectivity index (χ0v) is 8.90. The first-order valence-electron chi connectivity index (χ1n) is 5.10. The standard InChI is InChI=1S/C12H16O3/c1-2-15-12(14)9-11-5-3-4-10(8-11)6-7-13/h3-5,8,13H,2,6-7,9H2,1H3. The summed E-state index contributed by atoms with van der Waals surface area (Å²) in [4.78, 5) is 11.2. The van der Waals surface area contributed by atoms with Crippen molar-refractivity contribution in [3.63, 3.8) is 0 Å². The zero-order valence-electron chi connectivity index (χ0n) is 8.90. The second-order valence-corrected chi connectivity index (χ2v) is 3.28. The predicted molar refractivity (Wildman–Crippen MR) is 57.6 cm³/mol. The van der Waals surface area contributed by atoms with Crippen LogP contribution in [0.4, 0.5) is 0 Å². The van der Waals surface area contributed by atoms with Crippen LogP contribution in [0.3, 0.4) is 0 Å². The Morgan fingerprint density at radius 3 is 2.80 bits per heavy atom. The van der Waals surface area contributed by atoms with Crippen molar-refractivity contribution in [2.75, 3.05) is 13.2 Å². The predicted octanol–water partition coefficient (Wildman–Crippen LogP) is 1.33. The fourth-order valence-corrected chi connectivity index (χ4v) is 1.40. The number of hydrogen-bond donors (Lipinski definition) is 1. The summed E-state index contributed by atoms with van der Waals surface area (Å²) >= 11 is 0. The van der Waals surface area contributed by atoms with E-state index in [-0.39, 0.29) is 12.6 Å². The SMILES string of the molecule is CCOC(=O)Cc1cccc(CCO)c1. The molecule has 0 radical (unpaired) electrons. The van der Waals surface area contributed by atoms with Crippen LogP contribution in [0.2, 0.25) is 0 Å². The Labute approximate surface area is 89.7 Å². The van der Waals surface area contributed by atoms with Crippen LogP contribution in [0.5, 0.6) is 0 Å². The summed E-state index contributed by atoms with van der Waals surface area (Å²) in [6.07, 6.45) is 0.920. The van der Waals surface area contributed by atoms with Gasteiger partial charge in [-0.1, -0.05) is 24.3 Å². The smallest absolute Gasteiger partial charge is 0.310 e. The van der Waals surface area contributed by atoms with Gasteiger partial charge < -0.3 is 9.84 Å². The summed E-state index contributed by atoms with van der Waals surface area (Å²) in [5.74, 6) is -0.210. The average molecular weight is 208 g/mol. The van der Waals surface area contributed by atoms with Crippen molar-refractivity contribution >= 4 is 5.97 Å². The molecule has 0 unspecified atom stereocenters. The lowest BCUT2D eigenvalue weighted by Gasteiger charge is -2.04. The van der Waals surface area contributed by atoms with E-state index in [0.29, 0.717) is 19.4 Å². The number of rotatable bonds is 5. The molecule has 0 aromatic heterocycles. The summed E-state index contributed by atoms with van der Waals surface area (Å²) in [6, 6.07) is 7.63. The molecule has 0 aliphatic heterocycles. The molecule has 0 saturated carbocycles. The van der Waals surface area contributed by atoms with Gasteiger partial charge >= 0.3 is 5.97 Å². The molecule has 0 spiro atoms. The van der Waals surface area contributed by atoms with Crippen LogP contribution < -0.4 is 0 Å². The minimum absolute atomic E-state index is 0.128. The first-order chi connectivity index (χ1) is 7.26.